The van der Waals surface area contributed by atoms with Gasteiger partial charge in [-0.3, -0.25) is 14.6 Å². The molecule has 5 rings (SSSR count). The van der Waals surface area contributed by atoms with Gasteiger partial charge in [-0.2, -0.15) is 10.2 Å². The molecule has 0 saturated carbocycles. The van der Waals surface area contributed by atoms with Gasteiger partial charge in [0.2, 0.25) is 11.9 Å². The lowest BCUT2D eigenvalue weighted by atomic mass is 9.79. The molecule has 0 radical (unpaired) electrons. The second-order valence-electron chi connectivity index (χ2n) is 7.95. The Hall–Kier alpha value is -4.03. The van der Waals surface area contributed by atoms with Gasteiger partial charge < -0.3 is 20.1 Å². The van der Waals surface area contributed by atoms with Crippen LogP contribution in [0.15, 0.2) is 47.3 Å². The van der Waals surface area contributed by atoms with Crippen LogP contribution in [0.3, 0.4) is 0 Å². The van der Waals surface area contributed by atoms with E-state index in [-0.39, 0.29) is 17.3 Å². The first kappa shape index (κ1) is 21.8. The zero-order chi connectivity index (χ0) is 23.7. The number of hydrogen-bond acceptors (Lipinski definition) is 7. The number of fused-ring (bicyclic) bond motifs is 2. The zero-order valence-electron chi connectivity index (χ0n) is 17.9. The molecule has 2 aliphatic rings. The van der Waals surface area contributed by atoms with E-state index < -0.39 is 23.3 Å². The average molecular weight is 478 g/mol. The van der Waals surface area contributed by atoms with Crippen molar-refractivity contribution in [3.8, 4) is 17.6 Å². The monoisotopic (exact) mass is 477 g/mol. The van der Waals surface area contributed by atoms with E-state index in [0.717, 1.165) is 12.0 Å². The van der Waals surface area contributed by atoms with Crippen molar-refractivity contribution in [2.24, 2.45) is 5.92 Å². The predicted molar refractivity (Wildman–Crippen MR) is 125 cm³/mol. The highest BCUT2D eigenvalue weighted by atomic mass is 35.5. The first-order valence-corrected chi connectivity index (χ1v) is 11.1. The molecule has 1 aromatic heterocycles. The first-order chi connectivity index (χ1) is 16.5. The Labute approximate surface area is 199 Å². The van der Waals surface area contributed by atoms with Crippen LogP contribution in [0.25, 0.3) is 0 Å². The number of H-pyrrole nitrogens is 1. The van der Waals surface area contributed by atoms with Crippen molar-refractivity contribution in [2.75, 3.05) is 23.8 Å². The van der Waals surface area contributed by atoms with Crippen LogP contribution in [0.5, 0.6) is 11.5 Å². The van der Waals surface area contributed by atoms with Crippen LogP contribution in [0.2, 0.25) is 5.02 Å². The molecule has 34 heavy (non-hydrogen) atoms. The number of benzene rings is 2. The van der Waals surface area contributed by atoms with E-state index in [0.29, 0.717) is 41.8 Å². The van der Waals surface area contributed by atoms with Crippen LogP contribution in [0.1, 0.15) is 29.0 Å². The third-order valence-electron chi connectivity index (χ3n) is 5.80. The molecule has 1 amide bonds. The normalized spacial score (nSPS) is 18.8. The largest absolute Gasteiger partial charge is 0.490 e. The summed E-state index contributed by atoms with van der Waals surface area (Å²) in [6.07, 6.45) is 0.743. The highest BCUT2D eigenvalue weighted by Crippen LogP contribution is 2.41. The molecule has 2 aliphatic heterocycles. The summed E-state index contributed by atoms with van der Waals surface area (Å²) >= 11 is 6.20. The van der Waals surface area contributed by atoms with Gasteiger partial charge in [-0.15, -0.1) is 0 Å². The lowest BCUT2D eigenvalue weighted by molar-refractivity contribution is -0.119. The molecule has 0 aliphatic carbocycles. The summed E-state index contributed by atoms with van der Waals surface area (Å²) in [5.41, 5.74) is 1.17. The molecule has 2 aromatic carbocycles. The number of aromatic amines is 1. The molecule has 2 unspecified atom stereocenters. The SMILES string of the molecule is N#CC1C(=O)Nc2nc(NCc3ccccc3Cl)[nH]c(=O)c2C1c1ccc2c(c1)OCCCO2. The fourth-order valence-corrected chi connectivity index (χ4v) is 4.35. The van der Waals surface area contributed by atoms with E-state index in [4.69, 9.17) is 21.1 Å². The number of nitriles is 1. The van der Waals surface area contributed by atoms with Crippen molar-refractivity contribution >= 4 is 29.3 Å². The molecule has 0 fully saturated rings. The molecule has 3 aromatic rings. The summed E-state index contributed by atoms with van der Waals surface area (Å²) in [5, 5.41) is 16.0. The van der Waals surface area contributed by atoms with Crippen molar-refractivity contribution in [3.05, 3.63) is 74.5 Å². The maximum atomic E-state index is 13.2. The Morgan fingerprint density at radius 2 is 1.94 bits per heavy atom. The summed E-state index contributed by atoms with van der Waals surface area (Å²) in [5.74, 6) is -1.07. The number of nitrogens with zero attached hydrogens (tertiary/aromatic N) is 2. The van der Waals surface area contributed by atoms with E-state index in [1.165, 1.54) is 0 Å². The molecule has 3 N–H and O–H groups in total. The van der Waals surface area contributed by atoms with Crippen molar-refractivity contribution in [1.82, 2.24) is 9.97 Å². The van der Waals surface area contributed by atoms with Crippen molar-refractivity contribution in [2.45, 2.75) is 18.9 Å². The summed E-state index contributed by atoms with van der Waals surface area (Å²) in [6.45, 7) is 1.35. The van der Waals surface area contributed by atoms with Crippen molar-refractivity contribution < 1.29 is 14.3 Å². The van der Waals surface area contributed by atoms with Crippen LogP contribution < -0.4 is 25.7 Å². The van der Waals surface area contributed by atoms with Gasteiger partial charge in [-0.1, -0.05) is 35.9 Å². The summed E-state index contributed by atoms with van der Waals surface area (Å²) in [7, 11) is 0. The highest BCUT2D eigenvalue weighted by Gasteiger charge is 2.40. The Bertz CT molecular complexity index is 1370. The van der Waals surface area contributed by atoms with Gasteiger partial charge >= 0.3 is 0 Å². The summed E-state index contributed by atoms with van der Waals surface area (Å²) in [6, 6.07) is 14.5. The number of carbonyl (C=O) groups excluding carboxylic acids is 1. The lowest BCUT2D eigenvalue weighted by Crippen LogP contribution is -2.38. The van der Waals surface area contributed by atoms with Crippen LogP contribution in [0, 0.1) is 17.2 Å². The Balaban J connectivity index is 1.53. The van der Waals surface area contributed by atoms with E-state index in [1.54, 1.807) is 24.3 Å². The van der Waals surface area contributed by atoms with Gasteiger partial charge in [0.05, 0.1) is 24.8 Å². The molecule has 10 heteroatoms. The van der Waals surface area contributed by atoms with E-state index in [1.807, 2.05) is 24.3 Å². The zero-order valence-corrected chi connectivity index (χ0v) is 18.7. The van der Waals surface area contributed by atoms with Crippen LogP contribution in [-0.2, 0) is 11.3 Å². The lowest BCUT2D eigenvalue weighted by Gasteiger charge is -2.28. The summed E-state index contributed by atoms with van der Waals surface area (Å²) < 4.78 is 11.4. The van der Waals surface area contributed by atoms with Crippen molar-refractivity contribution in [3.63, 3.8) is 0 Å². The molecule has 0 bridgehead atoms. The number of hydrogen-bond donors (Lipinski definition) is 3. The number of ether oxygens (including phenoxy) is 2. The minimum Gasteiger partial charge on any atom is -0.490 e. The average Bonchev–Trinajstić information content (AvgIpc) is 3.07. The number of amides is 1. The fourth-order valence-electron chi connectivity index (χ4n) is 4.15. The molecule has 3 heterocycles. The summed E-state index contributed by atoms with van der Waals surface area (Å²) in [4.78, 5) is 33.1. The number of rotatable bonds is 4. The Morgan fingerprint density at radius 3 is 2.74 bits per heavy atom. The molecule has 9 nitrogen and oxygen atoms in total. The van der Waals surface area contributed by atoms with Gasteiger partial charge in [-0.25, -0.2) is 0 Å². The predicted octanol–water partition coefficient (Wildman–Crippen LogP) is 3.42. The number of anilines is 2. The molecule has 172 valence electrons. The highest BCUT2D eigenvalue weighted by molar-refractivity contribution is 6.31. The topological polar surface area (TPSA) is 129 Å². The maximum Gasteiger partial charge on any atom is 0.258 e. The van der Waals surface area contributed by atoms with Gasteiger partial charge in [0.15, 0.2) is 11.5 Å². The molecule has 2 atom stereocenters. The third kappa shape index (κ3) is 4.04. The number of halogens is 1. The van der Waals surface area contributed by atoms with E-state index in [9.17, 15) is 14.9 Å². The van der Waals surface area contributed by atoms with Crippen LogP contribution in [0.4, 0.5) is 11.8 Å². The quantitative estimate of drug-likeness (QED) is 0.525. The van der Waals surface area contributed by atoms with Gasteiger partial charge in [0.25, 0.3) is 5.56 Å². The van der Waals surface area contributed by atoms with Crippen molar-refractivity contribution in [1.29, 1.82) is 5.26 Å². The Kier molecular flexibility index (Phi) is 5.82. The molecular formula is C24H20ClN5O4. The van der Waals surface area contributed by atoms with E-state index in [2.05, 4.69) is 20.6 Å². The smallest absolute Gasteiger partial charge is 0.258 e. The minimum absolute atomic E-state index is 0.110. The number of carbonyl (C=O) groups is 1. The second-order valence-corrected chi connectivity index (χ2v) is 8.36. The maximum absolute atomic E-state index is 13.2. The van der Waals surface area contributed by atoms with Gasteiger partial charge in [-0.05, 0) is 29.3 Å². The second kappa shape index (κ2) is 9.08. The van der Waals surface area contributed by atoms with E-state index >= 15 is 0 Å². The standard InChI is InChI=1S/C24H20ClN5O4/c25-16-5-2-1-4-14(16)12-27-24-29-21-20(23(32)30-24)19(15(11-26)22(31)28-21)13-6-7-17-18(10-13)34-9-3-8-33-17/h1-2,4-7,10,15,19H,3,8-9,12H2,(H3,27,28,29,30,31,32). The van der Waals surface area contributed by atoms with Crippen LogP contribution in [-0.4, -0.2) is 29.1 Å². The van der Waals surface area contributed by atoms with Gasteiger partial charge in [0, 0.05) is 23.9 Å². The number of nitrogens with one attached hydrogen (secondary N) is 3. The molecule has 0 spiro atoms. The third-order valence-corrected chi connectivity index (χ3v) is 6.17. The van der Waals surface area contributed by atoms with Crippen LogP contribution >= 0.6 is 11.6 Å². The number of aromatic nitrogens is 2. The molecule has 0 saturated heterocycles. The molecular weight excluding hydrogens is 458 g/mol. The fraction of sp³-hybridized carbons (Fsp3) is 0.250. The minimum atomic E-state index is -1.11. The van der Waals surface area contributed by atoms with Gasteiger partial charge in [0.1, 0.15) is 11.7 Å². The Morgan fingerprint density at radius 1 is 1.15 bits per heavy atom. The first-order valence-electron chi connectivity index (χ1n) is 10.8.